The third-order valence-electron chi connectivity index (χ3n) is 5.05. The Labute approximate surface area is 190 Å². The first-order valence-corrected chi connectivity index (χ1v) is 11.8. The van der Waals surface area contributed by atoms with E-state index in [1.807, 2.05) is 31.1 Å². The fourth-order valence-electron chi connectivity index (χ4n) is 3.08. The first-order valence-electron chi connectivity index (χ1n) is 10.4. The molecule has 0 fully saturated rings. The van der Waals surface area contributed by atoms with Crippen molar-refractivity contribution in [3.05, 3.63) is 53.6 Å². The Bertz CT molecular complexity index is 1060. The van der Waals surface area contributed by atoms with E-state index in [9.17, 15) is 18.0 Å². The van der Waals surface area contributed by atoms with Crippen molar-refractivity contribution in [3.8, 4) is 0 Å². The van der Waals surface area contributed by atoms with Gasteiger partial charge < -0.3 is 15.0 Å². The molecule has 0 aromatic heterocycles. The van der Waals surface area contributed by atoms with Gasteiger partial charge in [0.1, 0.15) is 0 Å². The van der Waals surface area contributed by atoms with Crippen LogP contribution in [0.15, 0.2) is 47.4 Å². The van der Waals surface area contributed by atoms with E-state index >= 15 is 0 Å². The molecule has 0 bridgehead atoms. The van der Waals surface area contributed by atoms with Crippen molar-refractivity contribution in [3.63, 3.8) is 0 Å². The fraction of sp³-hybridized carbons (Fsp3) is 0.391. The lowest BCUT2D eigenvalue weighted by atomic mass is 10.1. The number of nitrogens with one attached hydrogen (secondary N) is 1. The van der Waals surface area contributed by atoms with Gasteiger partial charge in [0.2, 0.25) is 10.0 Å². The molecule has 1 N–H and O–H groups in total. The minimum Gasteiger partial charge on any atom is -0.449 e. The molecule has 0 aliphatic rings. The van der Waals surface area contributed by atoms with Gasteiger partial charge in [0, 0.05) is 38.6 Å². The smallest absolute Gasteiger partial charge is 0.338 e. The summed E-state index contributed by atoms with van der Waals surface area (Å²) in [5.41, 5.74) is 2.15. The number of benzene rings is 2. The Hall–Kier alpha value is -2.91. The van der Waals surface area contributed by atoms with Gasteiger partial charge in [0.25, 0.3) is 5.91 Å². The number of hydrogen-bond donors (Lipinski definition) is 1. The first-order chi connectivity index (χ1) is 15.0. The molecular weight excluding hydrogens is 430 g/mol. The summed E-state index contributed by atoms with van der Waals surface area (Å²) in [4.78, 5) is 27.0. The number of carbonyl (C=O) groups is 2. The number of amides is 1. The Morgan fingerprint density at radius 2 is 1.62 bits per heavy atom. The van der Waals surface area contributed by atoms with Crippen LogP contribution in [0.2, 0.25) is 0 Å². The molecule has 8 nitrogen and oxygen atoms in total. The lowest BCUT2D eigenvalue weighted by Gasteiger charge is -2.20. The fourth-order valence-corrected chi connectivity index (χ4v) is 4.79. The molecule has 1 atom stereocenters. The third-order valence-corrected chi connectivity index (χ3v) is 7.24. The molecule has 2 rings (SSSR count). The molecule has 32 heavy (non-hydrogen) atoms. The molecule has 1 amide bonds. The van der Waals surface area contributed by atoms with E-state index in [4.69, 9.17) is 4.74 Å². The zero-order chi connectivity index (χ0) is 24.1. The van der Waals surface area contributed by atoms with Crippen molar-refractivity contribution in [2.75, 3.05) is 37.4 Å². The van der Waals surface area contributed by atoms with Crippen molar-refractivity contribution >= 4 is 33.3 Å². The molecule has 0 aliphatic carbocycles. The number of sulfonamides is 1. The van der Waals surface area contributed by atoms with Gasteiger partial charge in [0.15, 0.2) is 6.10 Å². The summed E-state index contributed by atoms with van der Waals surface area (Å²) in [7, 11) is 0.0908. The standard InChI is InChI=1S/C23H31N3O5S/c1-7-26(8-2)32(29,30)21-15-18(10-9-16(21)3)23(28)31-17(4)22(27)24-19-11-13-20(14-12-19)25(5)6/h9-15,17H,7-8H2,1-6H3,(H,24,27)/t17-/m1/s1. The summed E-state index contributed by atoms with van der Waals surface area (Å²) in [6, 6.07) is 11.6. The van der Waals surface area contributed by atoms with E-state index in [0.29, 0.717) is 24.3 Å². The van der Waals surface area contributed by atoms with Gasteiger partial charge in [-0.25, -0.2) is 13.2 Å². The summed E-state index contributed by atoms with van der Waals surface area (Å²) in [5, 5.41) is 2.70. The van der Waals surface area contributed by atoms with Gasteiger partial charge >= 0.3 is 5.97 Å². The lowest BCUT2D eigenvalue weighted by Crippen LogP contribution is -2.32. The predicted molar refractivity (Wildman–Crippen MR) is 126 cm³/mol. The van der Waals surface area contributed by atoms with Crippen LogP contribution in [0.5, 0.6) is 0 Å². The Morgan fingerprint density at radius 1 is 1.03 bits per heavy atom. The van der Waals surface area contributed by atoms with E-state index in [2.05, 4.69) is 5.32 Å². The van der Waals surface area contributed by atoms with Crippen LogP contribution in [-0.2, 0) is 19.6 Å². The van der Waals surface area contributed by atoms with Crippen molar-refractivity contribution in [2.24, 2.45) is 0 Å². The number of carbonyl (C=O) groups excluding carboxylic acids is 2. The molecule has 2 aromatic carbocycles. The SMILES string of the molecule is CCN(CC)S(=O)(=O)c1cc(C(=O)O[C@H](C)C(=O)Nc2ccc(N(C)C)cc2)ccc1C. The minimum atomic E-state index is -3.74. The lowest BCUT2D eigenvalue weighted by molar-refractivity contribution is -0.123. The maximum absolute atomic E-state index is 12.9. The van der Waals surface area contributed by atoms with Crippen LogP contribution in [-0.4, -0.2) is 57.9 Å². The topological polar surface area (TPSA) is 96.0 Å². The molecule has 174 valence electrons. The normalized spacial score (nSPS) is 12.3. The van der Waals surface area contributed by atoms with Crippen LogP contribution in [0.1, 0.15) is 36.7 Å². The van der Waals surface area contributed by atoms with Gasteiger partial charge in [-0.2, -0.15) is 4.31 Å². The highest BCUT2D eigenvalue weighted by molar-refractivity contribution is 7.89. The second-order valence-electron chi connectivity index (χ2n) is 7.55. The van der Waals surface area contributed by atoms with E-state index in [0.717, 1.165) is 5.69 Å². The van der Waals surface area contributed by atoms with Crippen molar-refractivity contribution < 1.29 is 22.7 Å². The average molecular weight is 462 g/mol. The maximum atomic E-state index is 12.9. The van der Waals surface area contributed by atoms with Crippen LogP contribution in [0.3, 0.4) is 0 Å². The van der Waals surface area contributed by atoms with Crippen molar-refractivity contribution in [1.29, 1.82) is 0 Å². The van der Waals surface area contributed by atoms with Crippen molar-refractivity contribution in [2.45, 2.75) is 38.7 Å². The molecule has 2 aromatic rings. The number of anilines is 2. The first kappa shape index (κ1) is 25.4. The molecule has 0 saturated heterocycles. The quantitative estimate of drug-likeness (QED) is 0.576. The van der Waals surface area contributed by atoms with Crippen LogP contribution in [0.25, 0.3) is 0 Å². The molecule has 0 spiro atoms. The van der Waals surface area contributed by atoms with Crippen LogP contribution >= 0.6 is 0 Å². The Morgan fingerprint density at radius 3 is 2.16 bits per heavy atom. The van der Waals surface area contributed by atoms with Gasteiger partial charge in [-0.3, -0.25) is 4.79 Å². The molecule has 0 unspecified atom stereocenters. The zero-order valence-electron chi connectivity index (χ0n) is 19.4. The van der Waals surface area contributed by atoms with Crippen LogP contribution in [0.4, 0.5) is 11.4 Å². The number of ether oxygens (including phenoxy) is 1. The minimum absolute atomic E-state index is 0.0498. The molecule has 0 aliphatic heterocycles. The highest BCUT2D eigenvalue weighted by atomic mass is 32.2. The second kappa shape index (κ2) is 10.6. The summed E-state index contributed by atoms with van der Waals surface area (Å²) >= 11 is 0. The van der Waals surface area contributed by atoms with Crippen molar-refractivity contribution in [1.82, 2.24) is 4.31 Å². The average Bonchev–Trinajstić information content (AvgIpc) is 2.74. The summed E-state index contributed by atoms with van der Waals surface area (Å²) < 4.78 is 32.4. The molecule has 9 heteroatoms. The highest BCUT2D eigenvalue weighted by Crippen LogP contribution is 2.22. The molecule has 0 saturated carbocycles. The molecular formula is C23H31N3O5S. The van der Waals surface area contributed by atoms with E-state index in [1.54, 1.807) is 39.0 Å². The monoisotopic (exact) mass is 461 g/mol. The summed E-state index contributed by atoms with van der Waals surface area (Å²) in [6.45, 7) is 7.28. The zero-order valence-corrected chi connectivity index (χ0v) is 20.2. The number of nitrogens with zero attached hydrogens (tertiary/aromatic N) is 2. The van der Waals surface area contributed by atoms with Crippen LogP contribution < -0.4 is 10.2 Å². The number of rotatable bonds is 9. The van der Waals surface area contributed by atoms with Gasteiger partial charge in [0.05, 0.1) is 10.5 Å². The summed E-state index contributed by atoms with van der Waals surface area (Å²) in [6.07, 6.45) is -1.07. The highest BCUT2D eigenvalue weighted by Gasteiger charge is 2.26. The number of hydrogen-bond acceptors (Lipinski definition) is 6. The van der Waals surface area contributed by atoms with E-state index in [-0.39, 0.29) is 10.5 Å². The maximum Gasteiger partial charge on any atom is 0.338 e. The largest absolute Gasteiger partial charge is 0.449 e. The number of aryl methyl sites for hydroxylation is 1. The molecule has 0 radical (unpaired) electrons. The van der Waals surface area contributed by atoms with Crippen LogP contribution in [0, 0.1) is 6.92 Å². The van der Waals surface area contributed by atoms with Gasteiger partial charge in [-0.15, -0.1) is 0 Å². The van der Waals surface area contributed by atoms with E-state index in [1.165, 1.54) is 23.4 Å². The molecule has 0 heterocycles. The Kier molecular flexibility index (Phi) is 8.40. The summed E-state index contributed by atoms with van der Waals surface area (Å²) in [5.74, 6) is -1.26. The van der Waals surface area contributed by atoms with Gasteiger partial charge in [-0.1, -0.05) is 19.9 Å². The predicted octanol–water partition coefficient (Wildman–Crippen LogP) is 3.28. The van der Waals surface area contributed by atoms with Gasteiger partial charge in [-0.05, 0) is 55.8 Å². The number of esters is 1. The van der Waals surface area contributed by atoms with E-state index < -0.39 is 28.0 Å². The third kappa shape index (κ3) is 5.86. The second-order valence-corrected chi connectivity index (χ2v) is 9.45. The Balaban J connectivity index is 2.13.